The van der Waals surface area contributed by atoms with Crippen molar-refractivity contribution in [3.63, 3.8) is 0 Å². The van der Waals surface area contributed by atoms with Gasteiger partial charge < -0.3 is 15.2 Å². The summed E-state index contributed by atoms with van der Waals surface area (Å²) in [6.45, 7) is 0. The Morgan fingerprint density at radius 1 is 1.15 bits per heavy atom. The first kappa shape index (κ1) is 20.4. The Bertz CT molecular complexity index is 900. The van der Waals surface area contributed by atoms with Crippen molar-refractivity contribution in [2.24, 2.45) is 5.73 Å². The number of ether oxygens (including phenoxy) is 2. The molecule has 1 atom stereocenters. The fraction of sp³-hybridized carbons (Fsp3) is 0.267. The summed E-state index contributed by atoms with van der Waals surface area (Å²) in [7, 11) is -3.50. The molecule has 0 saturated heterocycles. The summed E-state index contributed by atoms with van der Waals surface area (Å²) >= 11 is 0. The van der Waals surface area contributed by atoms with Crippen LogP contribution in [0, 0.1) is 0 Å². The smallest absolute Gasteiger partial charge is 0.419 e. The highest BCUT2D eigenvalue weighted by Gasteiger charge is 2.31. The molecule has 1 aromatic carbocycles. The van der Waals surface area contributed by atoms with Crippen molar-refractivity contribution in [2.75, 3.05) is 12.0 Å². The lowest BCUT2D eigenvalue weighted by Gasteiger charge is -2.15. The highest BCUT2D eigenvalue weighted by Crippen LogP contribution is 2.29. The number of carbonyl (C=O) groups excluding carboxylic acids is 1. The largest absolute Gasteiger partial charge is 0.480 e. The van der Waals surface area contributed by atoms with E-state index in [0.29, 0.717) is 12.4 Å². The summed E-state index contributed by atoms with van der Waals surface area (Å²) in [5, 5.41) is 0. The van der Waals surface area contributed by atoms with Gasteiger partial charge in [-0.25, -0.2) is 18.4 Å². The Balaban J connectivity index is 2.05. The Labute approximate surface area is 152 Å². The Morgan fingerprint density at radius 3 is 2.11 bits per heavy atom. The molecule has 0 aliphatic rings. The normalized spacial score (nSPS) is 13.0. The molecule has 146 valence electrons. The molecule has 0 fully saturated rings. The average Bonchev–Trinajstić information content (AvgIpc) is 2.54. The minimum Gasteiger partial charge on any atom is -0.480 e. The van der Waals surface area contributed by atoms with Crippen molar-refractivity contribution in [1.29, 1.82) is 0 Å². The van der Waals surface area contributed by atoms with Crippen LogP contribution in [0.15, 0.2) is 36.7 Å². The van der Waals surface area contributed by atoms with E-state index in [9.17, 15) is 26.4 Å². The van der Waals surface area contributed by atoms with Crippen molar-refractivity contribution in [3.05, 3.63) is 42.2 Å². The molecular formula is C15H14F3N3O5S. The lowest BCUT2D eigenvalue weighted by Crippen LogP contribution is -2.39. The van der Waals surface area contributed by atoms with E-state index in [1.807, 2.05) is 0 Å². The van der Waals surface area contributed by atoms with Gasteiger partial charge in [0, 0.05) is 18.6 Å². The Morgan fingerprint density at radius 2 is 1.67 bits per heavy atom. The third-order valence-electron chi connectivity index (χ3n) is 3.04. The van der Waals surface area contributed by atoms with Crippen molar-refractivity contribution in [2.45, 2.75) is 12.3 Å². The number of aromatic nitrogens is 2. The van der Waals surface area contributed by atoms with E-state index in [0.717, 1.165) is 6.26 Å². The van der Waals surface area contributed by atoms with Gasteiger partial charge in [-0.3, -0.25) is 4.79 Å². The highest BCUT2D eigenvalue weighted by atomic mass is 32.2. The van der Waals surface area contributed by atoms with Gasteiger partial charge in [0.1, 0.15) is 11.5 Å². The number of hydrogen-bond donors (Lipinski definition) is 1. The Kier molecular flexibility index (Phi) is 5.88. The zero-order valence-electron chi connectivity index (χ0n) is 13.8. The quantitative estimate of drug-likeness (QED) is 0.742. The van der Waals surface area contributed by atoms with Gasteiger partial charge in [-0.15, -0.1) is 0 Å². The molecular weight excluding hydrogens is 391 g/mol. The second kappa shape index (κ2) is 7.78. The van der Waals surface area contributed by atoms with E-state index in [1.54, 1.807) is 0 Å². The number of benzene rings is 1. The molecule has 1 unspecified atom stereocenters. The molecule has 0 saturated carbocycles. The molecule has 0 aliphatic carbocycles. The number of rotatable bonds is 7. The standard InChI is InChI=1S/C15H14F3N3O5S/c1-27(23,24)8-12(13(19)22)25-10-2-4-11(5-3-10)26-14-20-6-9(7-21-14)15(16,17)18/h2-7,12H,8H2,1H3,(H2,19,22). The zero-order chi connectivity index (χ0) is 20.2. The number of hydrogen-bond acceptors (Lipinski definition) is 7. The maximum absolute atomic E-state index is 12.4. The number of sulfone groups is 1. The van der Waals surface area contributed by atoms with Crippen LogP contribution in [0.1, 0.15) is 5.56 Å². The van der Waals surface area contributed by atoms with Crippen molar-refractivity contribution >= 4 is 15.7 Å². The molecule has 1 heterocycles. The van der Waals surface area contributed by atoms with Crippen LogP contribution in [0.2, 0.25) is 0 Å². The molecule has 12 heteroatoms. The third kappa shape index (κ3) is 6.40. The number of halogens is 3. The first-order valence-corrected chi connectivity index (χ1v) is 9.31. The van der Waals surface area contributed by atoms with Crippen molar-refractivity contribution in [3.8, 4) is 17.5 Å². The van der Waals surface area contributed by atoms with Gasteiger partial charge in [0.05, 0.1) is 11.3 Å². The maximum atomic E-state index is 12.4. The van der Waals surface area contributed by atoms with Crippen LogP contribution in [-0.2, 0) is 20.8 Å². The van der Waals surface area contributed by atoms with Crippen LogP contribution in [-0.4, -0.2) is 42.4 Å². The fourth-order valence-electron chi connectivity index (χ4n) is 1.82. The first-order chi connectivity index (χ1) is 12.4. The van der Waals surface area contributed by atoms with E-state index in [-0.39, 0.29) is 17.5 Å². The minimum atomic E-state index is -4.56. The van der Waals surface area contributed by atoms with Crippen LogP contribution < -0.4 is 15.2 Å². The first-order valence-electron chi connectivity index (χ1n) is 7.25. The van der Waals surface area contributed by atoms with Crippen molar-refractivity contribution < 1.29 is 35.9 Å². The van der Waals surface area contributed by atoms with Gasteiger partial charge in [0.15, 0.2) is 15.9 Å². The topological polar surface area (TPSA) is 121 Å². The number of nitrogens with two attached hydrogens (primary N) is 1. The molecule has 27 heavy (non-hydrogen) atoms. The molecule has 1 amide bonds. The molecule has 0 spiro atoms. The number of amides is 1. The average molecular weight is 405 g/mol. The van der Waals surface area contributed by atoms with Gasteiger partial charge >= 0.3 is 12.2 Å². The molecule has 2 rings (SSSR count). The van der Waals surface area contributed by atoms with E-state index >= 15 is 0 Å². The number of alkyl halides is 3. The predicted molar refractivity (Wildman–Crippen MR) is 86.9 cm³/mol. The predicted octanol–water partition coefficient (Wildman–Crippen LogP) is 1.56. The molecule has 0 radical (unpaired) electrons. The minimum absolute atomic E-state index is 0.142. The van der Waals surface area contributed by atoms with Gasteiger partial charge in [-0.1, -0.05) is 0 Å². The lowest BCUT2D eigenvalue weighted by molar-refractivity contribution is -0.138. The van der Waals surface area contributed by atoms with E-state index in [4.69, 9.17) is 15.2 Å². The summed E-state index contributed by atoms with van der Waals surface area (Å²) in [5.41, 5.74) is 4.10. The molecule has 1 aromatic heterocycles. The van der Waals surface area contributed by atoms with Gasteiger partial charge in [-0.05, 0) is 24.3 Å². The zero-order valence-corrected chi connectivity index (χ0v) is 14.6. The summed E-state index contributed by atoms with van der Waals surface area (Å²) in [6, 6.07) is 5.16. The number of carbonyl (C=O) groups is 1. The highest BCUT2D eigenvalue weighted by molar-refractivity contribution is 7.90. The fourth-order valence-corrected chi connectivity index (χ4v) is 2.60. The molecule has 0 aliphatic heterocycles. The van der Waals surface area contributed by atoms with E-state index < -0.39 is 39.3 Å². The second-order valence-electron chi connectivity index (χ2n) is 5.43. The van der Waals surface area contributed by atoms with Crippen LogP contribution in [0.25, 0.3) is 0 Å². The van der Waals surface area contributed by atoms with Gasteiger partial charge in [0.25, 0.3) is 5.91 Å². The number of primary amides is 1. The summed E-state index contributed by atoms with van der Waals surface area (Å²) < 4.78 is 70.4. The summed E-state index contributed by atoms with van der Waals surface area (Å²) in [5.74, 6) is -1.21. The van der Waals surface area contributed by atoms with Crippen LogP contribution in [0.5, 0.6) is 17.5 Å². The van der Waals surface area contributed by atoms with Crippen LogP contribution in [0.3, 0.4) is 0 Å². The third-order valence-corrected chi connectivity index (χ3v) is 3.95. The van der Waals surface area contributed by atoms with Gasteiger partial charge in [0.2, 0.25) is 0 Å². The Hall–Kier alpha value is -2.89. The summed E-state index contributed by atoms with van der Waals surface area (Å²) in [4.78, 5) is 18.2. The van der Waals surface area contributed by atoms with Crippen LogP contribution in [0.4, 0.5) is 13.2 Å². The SMILES string of the molecule is CS(=O)(=O)CC(Oc1ccc(Oc2ncc(C(F)(F)F)cn2)cc1)C(N)=O. The molecule has 0 bridgehead atoms. The number of nitrogens with zero attached hydrogens (tertiary/aromatic N) is 2. The molecule has 2 aromatic rings. The van der Waals surface area contributed by atoms with Crippen LogP contribution >= 0.6 is 0 Å². The molecule has 2 N–H and O–H groups in total. The van der Waals surface area contributed by atoms with E-state index in [1.165, 1.54) is 24.3 Å². The maximum Gasteiger partial charge on any atom is 0.419 e. The monoisotopic (exact) mass is 405 g/mol. The summed E-state index contributed by atoms with van der Waals surface area (Å²) in [6.07, 6.45) is -3.82. The second-order valence-corrected chi connectivity index (χ2v) is 7.61. The lowest BCUT2D eigenvalue weighted by atomic mass is 10.3. The van der Waals surface area contributed by atoms with Gasteiger partial charge in [-0.2, -0.15) is 13.2 Å². The van der Waals surface area contributed by atoms with E-state index in [2.05, 4.69) is 9.97 Å². The van der Waals surface area contributed by atoms with Crippen molar-refractivity contribution in [1.82, 2.24) is 9.97 Å². The molecule has 8 nitrogen and oxygen atoms in total.